The molecule has 0 atom stereocenters. The van der Waals surface area contributed by atoms with Gasteiger partial charge >= 0.3 is 0 Å². The molecule has 2 rings (SSSR count). The van der Waals surface area contributed by atoms with E-state index in [1.54, 1.807) is 7.11 Å². The van der Waals surface area contributed by atoms with Crippen LogP contribution in [0.4, 0.5) is 0 Å². The highest BCUT2D eigenvalue weighted by Gasteiger charge is 2.04. The summed E-state index contributed by atoms with van der Waals surface area (Å²) in [5, 5.41) is 0. The molecule has 98 valence electrons. The summed E-state index contributed by atoms with van der Waals surface area (Å²) < 4.78 is 5.49. The van der Waals surface area contributed by atoms with Gasteiger partial charge in [-0.25, -0.2) is 0 Å². The summed E-state index contributed by atoms with van der Waals surface area (Å²) in [5.41, 5.74) is 6.03. The molecular formula is C18H20O. The maximum Gasteiger partial charge on any atom is 0.128 e. The highest BCUT2D eigenvalue weighted by Crippen LogP contribution is 2.26. The molecule has 0 aromatic heterocycles. The molecule has 0 bridgehead atoms. The van der Waals surface area contributed by atoms with E-state index in [0.29, 0.717) is 0 Å². The molecule has 0 aliphatic heterocycles. The second kappa shape index (κ2) is 5.75. The first-order chi connectivity index (χ1) is 9.10. The monoisotopic (exact) mass is 252 g/mol. The van der Waals surface area contributed by atoms with Crippen molar-refractivity contribution in [3.8, 4) is 5.75 Å². The third kappa shape index (κ3) is 3.25. The van der Waals surface area contributed by atoms with Crippen LogP contribution >= 0.6 is 0 Å². The number of hydrogen-bond acceptors (Lipinski definition) is 1. The van der Waals surface area contributed by atoms with Gasteiger partial charge in [-0.05, 0) is 38.0 Å². The number of methoxy groups -OCH3 is 1. The van der Waals surface area contributed by atoms with Gasteiger partial charge in [-0.3, -0.25) is 0 Å². The van der Waals surface area contributed by atoms with Crippen molar-refractivity contribution in [2.75, 3.05) is 7.11 Å². The largest absolute Gasteiger partial charge is 0.496 e. The Morgan fingerprint density at radius 1 is 0.842 bits per heavy atom. The Morgan fingerprint density at radius 3 is 2.16 bits per heavy atom. The normalized spacial score (nSPS) is 10.9. The zero-order valence-electron chi connectivity index (χ0n) is 12.0. The number of rotatable bonds is 3. The van der Waals surface area contributed by atoms with Crippen LogP contribution in [-0.4, -0.2) is 7.11 Å². The van der Waals surface area contributed by atoms with Crippen molar-refractivity contribution in [3.63, 3.8) is 0 Å². The van der Waals surface area contributed by atoms with Gasteiger partial charge in [0.15, 0.2) is 0 Å². The van der Waals surface area contributed by atoms with E-state index in [4.69, 9.17) is 4.74 Å². The first kappa shape index (κ1) is 13.4. The second-order valence-corrected chi connectivity index (χ2v) is 4.95. The number of hydrogen-bond donors (Lipinski definition) is 0. The van der Waals surface area contributed by atoms with Crippen LogP contribution < -0.4 is 4.74 Å². The molecule has 0 unspecified atom stereocenters. The highest BCUT2D eigenvalue weighted by atomic mass is 16.5. The van der Waals surface area contributed by atoms with Crippen LogP contribution in [0.5, 0.6) is 5.75 Å². The molecule has 1 heteroatoms. The molecule has 0 radical (unpaired) electrons. The Kier molecular flexibility index (Phi) is 4.06. The fourth-order valence-corrected chi connectivity index (χ4v) is 2.25. The lowest BCUT2D eigenvalue weighted by molar-refractivity contribution is 0.410. The van der Waals surface area contributed by atoms with Gasteiger partial charge in [-0.15, -0.1) is 0 Å². The van der Waals surface area contributed by atoms with Crippen LogP contribution in [0.2, 0.25) is 0 Å². The van der Waals surface area contributed by atoms with Crippen molar-refractivity contribution in [2.45, 2.75) is 20.8 Å². The maximum atomic E-state index is 5.49. The van der Waals surface area contributed by atoms with Gasteiger partial charge in [0.05, 0.1) is 7.11 Å². The van der Waals surface area contributed by atoms with Gasteiger partial charge in [0, 0.05) is 5.56 Å². The minimum absolute atomic E-state index is 0.953. The third-order valence-corrected chi connectivity index (χ3v) is 3.18. The second-order valence-electron chi connectivity index (χ2n) is 4.95. The summed E-state index contributed by atoms with van der Waals surface area (Å²) in [6.45, 7) is 6.28. The van der Waals surface area contributed by atoms with Gasteiger partial charge in [0.1, 0.15) is 5.75 Å². The van der Waals surface area contributed by atoms with E-state index < -0.39 is 0 Å². The summed E-state index contributed by atoms with van der Waals surface area (Å²) in [7, 11) is 1.72. The van der Waals surface area contributed by atoms with Crippen molar-refractivity contribution < 1.29 is 4.74 Å². The molecule has 0 saturated heterocycles. The van der Waals surface area contributed by atoms with Crippen LogP contribution in [0.3, 0.4) is 0 Å². The maximum absolute atomic E-state index is 5.49. The quantitative estimate of drug-likeness (QED) is 0.714. The van der Waals surface area contributed by atoms with E-state index in [-0.39, 0.29) is 0 Å². The molecule has 0 aliphatic carbocycles. The lowest BCUT2D eigenvalue weighted by Gasteiger charge is -2.10. The standard InChI is InChI=1S/C18H20O/c1-13-5-7-16(8-6-13)9-10-17-12-14(2)11-15(3)18(17)19-4/h5-12H,1-4H3. The first-order valence-corrected chi connectivity index (χ1v) is 6.50. The highest BCUT2D eigenvalue weighted by molar-refractivity contribution is 5.73. The third-order valence-electron chi connectivity index (χ3n) is 3.18. The van der Waals surface area contributed by atoms with Gasteiger partial charge in [0.2, 0.25) is 0 Å². The topological polar surface area (TPSA) is 9.23 Å². The van der Waals surface area contributed by atoms with Crippen LogP contribution in [0, 0.1) is 20.8 Å². The molecule has 0 saturated carbocycles. The van der Waals surface area contributed by atoms with Gasteiger partial charge in [-0.1, -0.05) is 53.6 Å². The van der Waals surface area contributed by atoms with Crippen molar-refractivity contribution in [3.05, 3.63) is 64.2 Å². The molecule has 0 heterocycles. The summed E-state index contributed by atoms with van der Waals surface area (Å²) in [6, 6.07) is 12.8. The Morgan fingerprint density at radius 2 is 1.53 bits per heavy atom. The minimum atomic E-state index is 0.953. The molecule has 0 fully saturated rings. The zero-order chi connectivity index (χ0) is 13.8. The van der Waals surface area contributed by atoms with Gasteiger partial charge in [-0.2, -0.15) is 0 Å². The minimum Gasteiger partial charge on any atom is -0.496 e. The van der Waals surface area contributed by atoms with Crippen LogP contribution in [0.15, 0.2) is 36.4 Å². The lowest BCUT2D eigenvalue weighted by Crippen LogP contribution is -1.92. The molecular weight excluding hydrogens is 232 g/mol. The molecule has 2 aromatic rings. The summed E-state index contributed by atoms with van der Waals surface area (Å²) in [5.74, 6) is 0.953. The molecule has 1 nitrogen and oxygen atoms in total. The average Bonchev–Trinajstić information content (AvgIpc) is 2.37. The molecule has 0 amide bonds. The molecule has 0 aliphatic rings. The Bertz CT molecular complexity index is 592. The zero-order valence-corrected chi connectivity index (χ0v) is 12.0. The van der Waals surface area contributed by atoms with E-state index in [9.17, 15) is 0 Å². The van der Waals surface area contributed by atoms with Crippen LogP contribution in [0.25, 0.3) is 12.2 Å². The average molecular weight is 252 g/mol. The van der Waals surface area contributed by atoms with E-state index in [1.807, 2.05) is 0 Å². The predicted molar refractivity (Wildman–Crippen MR) is 82.6 cm³/mol. The molecule has 2 aromatic carbocycles. The van der Waals surface area contributed by atoms with Crippen molar-refractivity contribution in [1.82, 2.24) is 0 Å². The smallest absolute Gasteiger partial charge is 0.128 e. The molecule has 0 spiro atoms. The Hall–Kier alpha value is -2.02. The number of aryl methyl sites for hydroxylation is 3. The van der Waals surface area contributed by atoms with E-state index in [2.05, 4.69) is 69.3 Å². The fraction of sp³-hybridized carbons (Fsp3) is 0.222. The van der Waals surface area contributed by atoms with E-state index in [1.165, 1.54) is 22.3 Å². The van der Waals surface area contributed by atoms with Crippen LogP contribution in [0.1, 0.15) is 27.8 Å². The Balaban J connectivity index is 2.34. The summed E-state index contributed by atoms with van der Waals surface area (Å²) >= 11 is 0. The number of benzene rings is 2. The van der Waals surface area contributed by atoms with Crippen LogP contribution in [-0.2, 0) is 0 Å². The summed E-state index contributed by atoms with van der Waals surface area (Å²) in [6.07, 6.45) is 4.24. The van der Waals surface area contributed by atoms with E-state index >= 15 is 0 Å². The van der Waals surface area contributed by atoms with Crippen molar-refractivity contribution >= 4 is 12.2 Å². The Labute approximate surface area is 115 Å². The SMILES string of the molecule is COc1c(C)cc(C)cc1C=Cc1ccc(C)cc1. The molecule has 19 heavy (non-hydrogen) atoms. The van der Waals surface area contributed by atoms with Crippen molar-refractivity contribution in [2.24, 2.45) is 0 Å². The lowest BCUT2D eigenvalue weighted by atomic mass is 10.0. The van der Waals surface area contributed by atoms with Crippen molar-refractivity contribution in [1.29, 1.82) is 0 Å². The van der Waals surface area contributed by atoms with Gasteiger partial charge in [0.25, 0.3) is 0 Å². The predicted octanol–water partition coefficient (Wildman–Crippen LogP) is 4.79. The van der Waals surface area contributed by atoms with E-state index in [0.717, 1.165) is 11.3 Å². The number of ether oxygens (including phenoxy) is 1. The first-order valence-electron chi connectivity index (χ1n) is 6.50. The van der Waals surface area contributed by atoms with Gasteiger partial charge < -0.3 is 4.74 Å². The fourth-order valence-electron chi connectivity index (χ4n) is 2.25. The summed E-state index contributed by atoms with van der Waals surface area (Å²) in [4.78, 5) is 0. The molecule has 0 N–H and O–H groups in total.